The summed E-state index contributed by atoms with van der Waals surface area (Å²) in [4.78, 5) is 21.4. The molecule has 1 atom stereocenters. The molecule has 1 aliphatic heterocycles. The second-order valence-corrected chi connectivity index (χ2v) is 9.13. The van der Waals surface area contributed by atoms with E-state index in [1.54, 1.807) is 29.3 Å². The van der Waals surface area contributed by atoms with Crippen molar-refractivity contribution in [3.63, 3.8) is 0 Å². The van der Waals surface area contributed by atoms with Crippen LogP contribution in [0.5, 0.6) is 0 Å². The number of anilines is 1. The van der Waals surface area contributed by atoms with Crippen LogP contribution in [0.4, 0.5) is 11.6 Å². The second-order valence-electron chi connectivity index (χ2n) is 8.69. The average Bonchev–Trinajstić information content (AvgIpc) is 3.39. The molecule has 2 heterocycles. The number of hydrogen-bond donors (Lipinski definition) is 0. The van der Waals surface area contributed by atoms with E-state index in [1.807, 2.05) is 72.8 Å². The van der Waals surface area contributed by atoms with Crippen molar-refractivity contribution in [2.75, 3.05) is 5.01 Å². The van der Waals surface area contributed by atoms with Gasteiger partial charge in [-0.1, -0.05) is 84.4 Å². The van der Waals surface area contributed by atoms with Crippen LogP contribution in [0.2, 0.25) is 5.02 Å². The molecule has 180 valence electrons. The third-order valence-corrected chi connectivity index (χ3v) is 6.64. The molecule has 0 fully saturated rings. The lowest BCUT2D eigenvalue weighted by atomic mass is 9.97. The van der Waals surface area contributed by atoms with Gasteiger partial charge in [0, 0.05) is 28.5 Å². The summed E-state index contributed by atoms with van der Waals surface area (Å²) in [7, 11) is 0. The third kappa shape index (κ3) is 4.30. The summed E-state index contributed by atoms with van der Waals surface area (Å²) >= 11 is 6.34. The molecule has 0 saturated carbocycles. The number of fused-ring (bicyclic) bond motifs is 1. The number of hydrogen-bond acceptors (Lipinski definition) is 6. The smallest absolute Gasteiger partial charge is 0.258 e. The van der Waals surface area contributed by atoms with E-state index < -0.39 is 6.04 Å². The zero-order chi connectivity index (χ0) is 25.4. The normalized spacial score (nSPS) is 15.1. The minimum Gasteiger partial charge on any atom is -0.258 e. The Morgan fingerprint density at radius 1 is 0.838 bits per heavy atom. The van der Waals surface area contributed by atoms with Crippen LogP contribution >= 0.6 is 11.6 Å². The van der Waals surface area contributed by atoms with Crippen LogP contribution in [0.1, 0.15) is 23.6 Å². The number of rotatable bonds is 5. The summed E-state index contributed by atoms with van der Waals surface area (Å²) in [6.45, 7) is 0. The van der Waals surface area contributed by atoms with Crippen LogP contribution in [-0.2, 0) is 0 Å². The fraction of sp³-hybridized carbons (Fsp3) is 0.0690. The van der Waals surface area contributed by atoms with Crippen molar-refractivity contribution in [3.8, 4) is 11.3 Å². The maximum atomic E-state index is 11.9. The van der Waals surface area contributed by atoms with Crippen molar-refractivity contribution >= 4 is 39.9 Å². The van der Waals surface area contributed by atoms with Gasteiger partial charge in [0.15, 0.2) is 0 Å². The molecule has 4 aromatic carbocycles. The van der Waals surface area contributed by atoms with Gasteiger partial charge in [0.05, 0.1) is 33.5 Å². The van der Waals surface area contributed by atoms with Gasteiger partial charge in [-0.2, -0.15) is 5.10 Å². The molecule has 7 nitrogen and oxygen atoms in total. The minimum atomic E-state index is -0.461. The molecular weight excluding hydrogens is 486 g/mol. The molecule has 1 aliphatic rings. The highest BCUT2D eigenvalue weighted by molar-refractivity contribution is 6.31. The standard InChI is InChI=1S/C29H20ClN5O2/c30-21-15-16-22-25(17-21)31-29(32-28(22)20-11-5-2-6-12-20)34-27(23-13-7-8-14-26(23)35(36)37)18-24(33-34)19-9-3-1-4-10-19/h1-17,27H,18H2. The first-order chi connectivity index (χ1) is 18.1. The predicted octanol–water partition coefficient (Wildman–Crippen LogP) is 7.21. The number of nitro benzene ring substituents is 1. The van der Waals surface area contributed by atoms with E-state index in [2.05, 4.69) is 0 Å². The van der Waals surface area contributed by atoms with Crippen molar-refractivity contribution < 1.29 is 4.92 Å². The molecule has 1 aromatic heterocycles. The summed E-state index contributed by atoms with van der Waals surface area (Å²) in [6.07, 6.45) is 0.465. The van der Waals surface area contributed by atoms with E-state index in [-0.39, 0.29) is 10.6 Å². The molecule has 0 amide bonds. The molecule has 37 heavy (non-hydrogen) atoms. The zero-order valence-corrected chi connectivity index (χ0v) is 20.3. The van der Waals surface area contributed by atoms with Gasteiger partial charge < -0.3 is 0 Å². The number of para-hydroxylation sites is 1. The predicted molar refractivity (Wildman–Crippen MR) is 146 cm³/mol. The number of aromatic nitrogens is 2. The number of nitrogens with zero attached hydrogens (tertiary/aromatic N) is 5. The number of nitro groups is 1. The van der Waals surface area contributed by atoms with Crippen LogP contribution in [0.3, 0.4) is 0 Å². The lowest BCUT2D eigenvalue weighted by Crippen LogP contribution is -2.22. The van der Waals surface area contributed by atoms with Gasteiger partial charge in [0.1, 0.15) is 0 Å². The topological polar surface area (TPSA) is 84.5 Å². The summed E-state index contributed by atoms with van der Waals surface area (Å²) < 4.78 is 0. The highest BCUT2D eigenvalue weighted by Gasteiger charge is 2.36. The first kappa shape index (κ1) is 22.8. The largest absolute Gasteiger partial charge is 0.274 e. The molecular formula is C29H20ClN5O2. The van der Waals surface area contributed by atoms with Gasteiger partial charge in [-0.25, -0.2) is 15.0 Å². The molecule has 0 aliphatic carbocycles. The van der Waals surface area contributed by atoms with Gasteiger partial charge >= 0.3 is 0 Å². The maximum Gasteiger partial charge on any atom is 0.274 e. The Morgan fingerprint density at radius 3 is 2.24 bits per heavy atom. The van der Waals surface area contributed by atoms with E-state index in [1.165, 1.54) is 6.07 Å². The summed E-state index contributed by atoms with van der Waals surface area (Å²) in [5.74, 6) is 0.350. The number of halogens is 1. The van der Waals surface area contributed by atoms with E-state index in [0.29, 0.717) is 28.5 Å². The van der Waals surface area contributed by atoms with Gasteiger partial charge in [-0.15, -0.1) is 0 Å². The van der Waals surface area contributed by atoms with E-state index >= 15 is 0 Å². The Hall–Kier alpha value is -4.62. The molecule has 0 bridgehead atoms. The molecule has 8 heteroatoms. The first-order valence-electron chi connectivity index (χ1n) is 11.8. The molecule has 0 spiro atoms. The van der Waals surface area contributed by atoms with Gasteiger partial charge in [-0.05, 0) is 29.8 Å². The summed E-state index contributed by atoms with van der Waals surface area (Å²) in [5, 5.41) is 20.0. The average molecular weight is 506 g/mol. The zero-order valence-electron chi connectivity index (χ0n) is 19.5. The molecule has 1 unspecified atom stereocenters. The monoisotopic (exact) mass is 505 g/mol. The maximum absolute atomic E-state index is 11.9. The molecule has 0 saturated heterocycles. The van der Waals surface area contributed by atoms with Crippen molar-refractivity contribution in [1.29, 1.82) is 0 Å². The van der Waals surface area contributed by atoms with Crippen LogP contribution in [0.25, 0.3) is 22.2 Å². The van der Waals surface area contributed by atoms with Crippen molar-refractivity contribution in [3.05, 3.63) is 129 Å². The highest BCUT2D eigenvalue weighted by atomic mass is 35.5. The van der Waals surface area contributed by atoms with Crippen LogP contribution < -0.4 is 5.01 Å². The van der Waals surface area contributed by atoms with Gasteiger partial charge in [0.25, 0.3) is 5.69 Å². The van der Waals surface area contributed by atoms with Crippen LogP contribution in [0, 0.1) is 10.1 Å². The van der Waals surface area contributed by atoms with Crippen molar-refractivity contribution in [1.82, 2.24) is 9.97 Å². The minimum absolute atomic E-state index is 0.0362. The lowest BCUT2D eigenvalue weighted by molar-refractivity contribution is -0.385. The van der Waals surface area contributed by atoms with Crippen LogP contribution in [0.15, 0.2) is 108 Å². The van der Waals surface area contributed by atoms with Gasteiger partial charge in [-0.3, -0.25) is 10.1 Å². The van der Waals surface area contributed by atoms with Crippen LogP contribution in [-0.4, -0.2) is 20.6 Å². The second kappa shape index (κ2) is 9.44. The SMILES string of the molecule is O=[N+]([O-])c1ccccc1C1CC(c2ccccc2)=NN1c1nc(-c2ccccc2)c2ccc(Cl)cc2n1. The molecule has 6 rings (SSSR count). The Labute approximate surface area is 217 Å². The van der Waals surface area contributed by atoms with Crippen molar-refractivity contribution in [2.45, 2.75) is 12.5 Å². The fourth-order valence-corrected chi connectivity index (χ4v) is 4.85. The van der Waals surface area contributed by atoms with Crippen molar-refractivity contribution in [2.24, 2.45) is 5.10 Å². The third-order valence-electron chi connectivity index (χ3n) is 6.41. The molecule has 0 radical (unpaired) electrons. The quantitative estimate of drug-likeness (QED) is 0.186. The fourth-order valence-electron chi connectivity index (χ4n) is 4.69. The Balaban J connectivity index is 1.57. The summed E-state index contributed by atoms with van der Waals surface area (Å²) in [6, 6.07) is 31.5. The van der Waals surface area contributed by atoms with Gasteiger partial charge in [0.2, 0.25) is 5.95 Å². The molecule has 0 N–H and O–H groups in total. The lowest BCUT2D eigenvalue weighted by Gasteiger charge is -2.23. The number of hydrazone groups is 1. The Bertz CT molecular complexity index is 1660. The van der Waals surface area contributed by atoms with E-state index in [9.17, 15) is 10.1 Å². The number of benzene rings is 4. The Morgan fingerprint density at radius 2 is 1.51 bits per heavy atom. The van der Waals surface area contributed by atoms with E-state index in [4.69, 9.17) is 26.7 Å². The first-order valence-corrected chi connectivity index (χ1v) is 12.1. The summed E-state index contributed by atoms with van der Waals surface area (Å²) in [5.41, 5.74) is 4.67. The van der Waals surface area contributed by atoms with E-state index in [0.717, 1.165) is 27.9 Å². The Kier molecular flexibility index (Phi) is 5.82. The molecule has 5 aromatic rings. The highest BCUT2D eigenvalue weighted by Crippen LogP contribution is 2.40.